The van der Waals surface area contributed by atoms with Crippen LogP contribution in [0.3, 0.4) is 0 Å². The van der Waals surface area contributed by atoms with Gasteiger partial charge in [-0.15, -0.1) is 0 Å². The molecule has 0 radical (unpaired) electrons. The number of hydrogen-bond acceptors (Lipinski definition) is 3. The molecule has 3 N–H and O–H groups in total. The van der Waals surface area contributed by atoms with Crippen molar-refractivity contribution in [3.05, 3.63) is 28.8 Å². The predicted molar refractivity (Wildman–Crippen MR) is 78.9 cm³/mol. The van der Waals surface area contributed by atoms with Crippen molar-refractivity contribution < 1.29 is 18.3 Å². The number of ether oxygens (including phenoxy) is 1. The standard InChI is InChI=1S/C14H19ClF2N2O2/c1-13(2,3)21-12(20)19-8-5-6-9(10(15)7-8)14(4,18)11(16)17/h5-7,11H,18H2,1-4H3,(H,19,20). The van der Waals surface area contributed by atoms with E-state index in [0.717, 1.165) is 0 Å². The summed E-state index contributed by atoms with van der Waals surface area (Å²) < 4.78 is 30.9. The zero-order valence-electron chi connectivity index (χ0n) is 12.3. The molecule has 0 aliphatic carbocycles. The summed E-state index contributed by atoms with van der Waals surface area (Å²) in [6.45, 7) is 6.38. The first kappa shape index (κ1) is 17.7. The lowest BCUT2D eigenvalue weighted by Gasteiger charge is -2.25. The van der Waals surface area contributed by atoms with Crippen LogP contribution in [0.5, 0.6) is 0 Å². The van der Waals surface area contributed by atoms with Crippen LogP contribution in [0.4, 0.5) is 19.3 Å². The van der Waals surface area contributed by atoms with Gasteiger partial charge in [0.2, 0.25) is 0 Å². The van der Waals surface area contributed by atoms with Crippen molar-refractivity contribution >= 4 is 23.4 Å². The van der Waals surface area contributed by atoms with Crippen molar-refractivity contribution in [1.82, 2.24) is 0 Å². The van der Waals surface area contributed by atoms with E-state index in [1.807, 2.05) is 0 Å². The van der Waals surface area contributed by atoms with Crippen LogP contribution in [0.15, 0.2) is 18.2 Å². The predicted octanol–water partition coefficient (Wildman–Crippen LogP) is 4.13. The topological polar surface area (TPSA) is 64.3 Å². The Bertz CT molecular complexity index is 528. The maximum absolute atomic E-state index is 12.9. The van der Waals surface area contributed by atoms with Gasteiger partial charge >= 0.3 is 6.09 Å². The number of anilines is 1. The molecule has 21 heavy (non-hydrogen) atoms. The summed E-state index contributed by atoms with van der Waals surface area (Å²) in [6, 6.07) is 4.16. The van der Waals surface area contributed by atoms with Crippen LogP contribution in [0, 0.1) is 0 Å². The molecule has 0 aliphatic heterocycles. The maximum Gasteiger partial charge on any atom is 0.412 e. The smallest absolute Gasteiger partial charge is 0.412 e. The van der Waals surface area contributed by atoms with E-state index in [2.05, 4.69) is 5.32 Å². The minimum Gasteiger partial charge on any atom is -0.444 e. The quantitative estimate of drug-likeness (QED) is 0.880. The fourth-order valence-electron chi connectivity index (χ4n) is 1.57. The molecule has 7 heteroatoms. The SMILES string of the molecule is CC(C)(C)OC(=O)Nc1ccc(C(C)(N)C(F)F)c(Cl)c1. The molecule has 0 aliphatic rings. The Kier molecular flexibility index (Phi) is 5.17. The first-order chi connectivity index (χ1) is 9.43. The number of hydrogen-bond donors (Lipinski definition) is 2. The van der Waals surface area contributed by atoms with Gasteiger partial charge in [0.25, 0.3) is 6.43 Å². The molecule has 118 valence electrons. The summed E-state index contributed by atoms with van der Waals surface area (Å²) in [5.74, 6) is 0. The molecular weight excluding hydrogens is 302 g/mol. The van der Waals surface area contributed by atoms with Gasteiger partial charge < -0.3 is 10.5 Å². The molecule has 0 aromatic heterocycles. The summed E-state index contributed by atoms with van der Waals surface area (Å²) in [6.07, 6.45) is -3.42. The molecular formula is C14H19ClF2N2O2. The van der Waals surface area contributed by atoms with Gasteiger partial charge in [-0.3, -0.25) is 5.32 Å². The van der Waals surface area contributed by atoms with Crippen LogP contribution in [-0.4, -0.2) is 18.1 Å². The third kappa shape index (κ3) is 4.82. The highest BCUT2D eigenvalue weighted by Gasteiger charge is 2.34. The number of nitrogens with two attached hydrogens (primary N) is 1. The fraction of sp³-hybridized carbons (Fsp3) is 0.500. The molecule has 0 bridgehead atoms. The van der Waals surface area contributed by atoms with Gasteiger partial charge in [0.05, 0.1) is 0 Å². The highest BCUT2D eigenvalue weighted by Crippen LogP contribution is 2.32. The van der Waals surface area contributed by atoms with Crippen LogP contribution in [0.2, 0.25) is 5.02 Å². The number of benzene rings is 1. The largest absolute Gasteiger partial charge is 0.444 e. The number of alkyl halides is 2. The van der Waals surface area contributed by atoms with E-state index < -0.39 is 23.7 Å². The van der Waals surface area contributed by atoms with E-state index in [4.69, 9.17) is 22.1 Å². The zero-order chi connectivity index (χ0) is 16.4. The van der Waals surface area contributed by atoms with Crippen LogP contribution in [0.25, 0.3) is 0 Å². The average Bonchev–Trinajstić information content (AvgIpc) is 2.25. The molecule has 0 heterocycles. The fourth-order valence-corrected chi connectivity index (χ4v) is 1.95. The first-order valence-electron chi connectivity index (χ1n) is 6.30. The normalized spacial score (nSPS) is 14.7. The summed E-state index contributed by atoms with van der Waals surface area (Å²) in [7, 11) is 0. The number of rotatable bonds is 3. The molecule has 0 saturated heterocycles. The molecule has 0 saturated carbocycles. The molecule has 1 amide bonds. The Hall–Kier alpha value is -1.40. The molecule has 0 spiro atoms. The summed E-state index contributed by atoms with van der Waals surface area (Å²) in [4.78, 5) is 11.6. The molecule has 1 aromatic carbocycles. The van der Waals surface area contributed by atoms with E-state index in [9.17, 15) is 13.6 Å². The molecule has 1 unspecified atom stereocenters. The van der Waals surface area contributed by atoms with Gasteiger partial charge in [-0.1, -0.05) is 17.7 Å². The van der Waals surface area contributed by atoms with Crippen LogP contribution < -0.4 is 11.1 Å². The van der Waals surface area contributed by atoms with Gasteiger partial charge in [0.1, 0.15) is 11.1 Å². The Balaban J connectivity index is 2.91. The number of carbonyl (C=O) groups is 1. The first-order valence-corrected chi connectivity index (χ1v) is 6.68. The Labute approximate surface area is 127 Å². The van der Waals surface area contributed by atoms with Crippen LogP contribution >= 0.6 is 11.6 Å². The average molecular weight is 321 g/mol. The molecule has 0 fully saturated rings. The highest BCUT2D eigenvalue weighted by molar-refractivity contribution is 6.31. The molecule has 4 nitrogen and oxygen atoms in total. The number of nitrogens with one attached hydrogen (secondary N) is 1. The lowest BCUT2D eigenvalue weighted by atomic mass is 9.93. The monoisotopic (exact) mass is 320 g/mol. The molecule has 1 atom stereocenters. The van der Waals surface area contributed by atoms with Crippen molar-refractivity contribution in [3.8, 4) is 0 Å². The van der Waals surface area contributed by atoms with Crippen LogP contribution in [0.1, 0.15) is 33.3 Å². The van der Waals surface area contributed by atoms with Gasteiger partial charge in [-0.25, -0.2) is 13.6 Å². The maximum atomic E-state index is 12.9. The van der Waals surface area contributed by atoms with Gasteiger partial charge in [0, 0.05) is 10.7 Å². The van der Waals surface area contributed by atoms with E-state index in [0.29, 0.717) is 5.69 Å². The minimum atomic E-state index is -2.76. The van der Waals surface area contributed by atoms with Crippen LogP contribution in [-0.2, 0) is 10.3 Å². The third-order valence-corrected chi connectivity index (χ3v) is 2.96. The van der Waals surface area contributed by atoms with E-state index in [-0.39, 0.29) is 10.6 Å². The van der Waals surface area contributed by atoms with Gasteiger partial charge in [-0.2, -0.15) is 0 Å². The Morgan fingerprint density at radius 3 is 2.33 bits per heavy atom. The van der Waals surface area contributed by atoms with Crippen molar-refractivity contribution in [1.29, 1.82) is 0 Å². The van der Waals surface area contributed by atoms with Crippen molar-refractivity contribution in [2.75, 3.05) is 5.32 Å². The Morgan fingerprint density at radius 1 is 1.33 bits per heavy atom. The number of halogens is 3. The number of carbonyl (C=O) groups excluding carboxylic acids is 1. The second-order valence-corrected chi connectivity index (χ2v) is 6.31. The lowest BCUT2D eigenvalue weighted by Crippen LogP contribution is -2.40. The van der Waals surface area contributed by atoms with E-state index in [1.165, 1.54) is 25.1 Å². The summed E-state index contributed by atoms with van der Waals surface area (Å²) >= 11 is 5.97. The van der Waals surface area contributed by atoms with E-state index in [1.54, 1.807) is 20.8 Å². The van der Waals surface area contributed by atoms with Crippen molar-refractivity contribution in [3.63, 3.8) is 0 Å². The van der Waals surface area contributed by atoms with Crippen molar-refractivity contribution in [2.45, 2.75) is 45.3 Å². The third-order valence-electron chi connectivity index (χ3n) is 2.65. The number of amides is 1. The van der Waals surface area contributed by atoms with E-state index >= 15 is 0 Å². The minimum absolute atomic E-state index is 0.0499. The van der Waals surface area contributed by atoms with Crippen molar-refractivity contribution in [2.24, 2.45) is 5.73 Å². The Morgan fingerprint density at radius 2 is 1.90 bits per heavy atom. The second kappa shape index (κ2) is 6.15. The molecule has 1 aromatic rings. The van der Waals surface area contributed by atoms with Gasteiger partial charge in [0.15, 0.2) is 0 Å². The summed E-state index contributed by atoms with van der Waals surface area (Å²) in [5, 5.41) is 2.52. The highest BCUT2D eigenvalue weighted by atomic mass is 35.5. The van der Waals surface area contributed by atoms with Gasteiger partial charge in [-0.05, 0) is 45.4 Å². The summed E-state index contributed by atoms with van der Waals surface area (Å²) in [5.41, 5.74) is 3.51. The zero-order valence-corrected chi connectivity index (χ0v) is 13.1. The second-order valence-electron chi connectivity index (χ2n) is 5.90. The lowest BCUT2D eigenvalue weighted by molar-refractivity contribution is 0.0621. The molecule has 1 rings (SSSR count).